The summed E-state index contributed by atoms with van der Waals surface area (Å²) in [6.45, 7) is 0. The molecule has 0 aliphatic heterocycles. The predicted octanol–water partition coefficient (Wildman–Crippen LogP) is 3.72. The molecule has 0 radical (unpaired) electrons. The van der Waals surface area contributed by atoms with E-state index in [1.807, 2.05) is 0 Å². The van der Waals surface area contributed by atoms with Crippen LogP contribution in [0.3, 0.4) is 0 Å². The Morgan fingerprint density at radius 3 is 2.84 bits per heavy atom. The molecule has 0 aliphatic rings. The van der Waals surface area contributed by atoms with Crippen molar-refractivity contribution in [3.8, 4) is 11.5 Å². The Morgan fingerprint density at radius 2 is 2.21 bits per heavy atom. The normalized spacial score (nSPS) is 9.47. The molecule has 94 valence electrons. The number of pyridine rings is 1. The standard InChI is InChI=1S/C11H7N5O3/c12-15-14-8-4-9(16(17)18)6-11(5-8)19-10-2-1-3-13-7-10/h1-7H. The number of ether oxygens (including phenoxy) is 1. The summed E-state index contributed by atoms with van der Waals surface area (Å²) in [5.74, 6) is 0.625. The molecule has 0 fully saturated rings. The van der Waals surface area contributed by atoms with Crippen molar-refractivity contribution in [1.82, 2.24) is 4.98 Å². The first-order valence-electron chi connectivity index (χ1n) is 5.11. The van der Waals surface area contributed by atoms with Crippen molar-refractivity contribution < 1.29 is 9.66 Å². The number of aromatic nitrogens is 1. The van der Waals surface area contributed by atoms with Crippen LogP contribution in [-0.4, -0.2) is 9.91 Å². The van der Waals surface area contributed by atoms with E-state index in [9.17, 15) is 10.1 Å². The van der Waals surface area contributed by atoms with E-state index in [0.29, 0.717) is 5.75 Å². The first-order chi connectivity index (χ1) is 9.19. The fourth-order valence-electron chi connectivity index (χ4n) is 1.39. The highest BCUT2D eigenvalue weighted by molar-refractivity contribution is 5.53. The smallest absolute Gasteiger partial charge is 0.273 e. The molecule has 2 aromatic rings. The molecule has 0 spiro atoms. The Balaban J connectivity index is 2.39. The Hall–Kier alpha value is -3.12. The molecule has 1 aromatic heterocycles. The van der Waals surface area contributed by atoms with E-state index in [4.69, 9.17) is 10.3 Å². The summed E-state index contributed by atoms with van der Waals surface area (Å²) in [7, 11) is 0. The summed E-state index contributed by atoms with van der Waals surface area (Å²) in [5.41, 5.74) is 8.26. The van der Waals surface area contributed by atoms with Gasteiger partial charge in [-0.1, -0.05) is 5.11 Å². The lowest BCUT2D eigenvalue weighted by atomic mass is 10.2. The maximum absolute atomic E-state index is 10.8. The van der Waals surface area contributed by atoms with Gasteiger partial charge in [0.25, 0.3) is 5.69 Å². The molecule has 0 aliphatic carbocycles. The lowest BCUT2D eigenvalue weighted by molar-refractivity contribution is -0.384. The molecule has 2 rings (SSSR count). The van der Waals surface area contributed by atoms with Crippen LogP contribution >= 0.6 is 0 Å². The van der Waals surface area contributed by atoms with Gasteiger partial charge in [-0.05, 0) is 23.7 Å². The molecule has 1 heterocycles. The number of nitro groups is 1. The van der Waals surface area contributed by atoms with Crippen LogP contribution in [0.5, 0.6) is 11.5 Å². The summed E-state index contributed by atoms with van der Waals surface area (Å²) in [4.78, 5) is 16.6. The quantitative estimate of drug-likeness (QED) is 0.273. The van der Waals surface area contributed by atoms with Crippen LogP contribution in [0.4, 0.5) is 11.4 Å². The summed E-state index contributed by atoms with van der Waals surface area (Å²) < 4.78 is 5.41. The van der Waals surface area contributed by atoms with Crippen molar-refractivity contribution in [2.75, 3.05) is 0 Å². The monoisotopic (exact) mass is 257 g/mol. The maximum atomic E-state index is 10.8. The third-order valence-corrected chi connectivity index (χ3v) is 2.12. The van der Waals surface area contributed by atoms with Crippen LogP contribution in [0.1, 0.15) is 0 Å². The Bertz CT molecular complexity index is 632. The van der Waals surface area contributed by atoms with E-state index < -0.39 is 4.92 Å². The van der Waals surface area contributed by atoms with Gasteiger partial charge in [-0.2, -0.15) is 0 Å². The van der Waals surface area contributed by atoms with Crippen LogP contribution in [-0.2, 0) is 0 Å². The van der Waals surface area contributed by atoms with Crippen LogP contribution < -0.4 is 4.74 Å². The molecule has 0 bridgehead atoms. The average Bonchev–Trinajstić information content (AvgIpc) is 2.40. The SMILES string of the molecule is [N-]=[N+]=Nc1cc(Oc2cccnc2)cc([N+](=O)[O-])c1. The van der Waals surface area contributed by atoms with Gasteiger partial charge in [-0.15, -0.1) is 0 Å². The van der Waals surface area contributed by atoms with Crippen molar-refractivity contribution in [3.63, 3.8) is 0 Å². The van der Waals surface area contributed by atoms with Gasteiger partial charge >= 0.3 is 0 Å². The van der Waals surface area contributed by atoms with Crippen molar-refractivity contribution in [2.24, 2.45) is 5.11 Å². The summed E-state index contributed by atoms with van der Waals surface area (Å²) in [5, 5.41) is 14.1. The zero-order chi connectivity index (χ0) is 13.7. The van der Waals surface area contributed by atoms with Gasteiger partial charge in [0.05, 0.1) is 17.2 Å². The second kappa shape index (κ2) is 5.48. The number of benzene rings is 1. The molecule has 8 heteroatoms. The fourth-order valence-corrected chi connectivity index (χ4v) is 1.39. The Kier molecular flexibility index (Phi) is 3.56. The minimum atomic E-state index is -0.591. The van der Waals surface area contributed by atoms with E-state index in [-0.39, 0.29) is 17.1 Å². The molecule has 0 amide bonds. The molecule has 0 atom stereocenters. The largest absolute Gasteiger partial charge is 0.455 e. The third kappa shape index (κ3) is 3.18. The highest BCUT2D eigenvalue weighted by Gasteiger charge is 2.10. The number of nitro benzene ring substituents is 1. The van der Waals surface area contributed by atoms with Crippen LogP contribution in [0.15, 0.2) is 47.8 Å². The van der Waals surface area contributed by atoms with Crippen molar-refractivity contribution in [1.29, 1.82) is 0 Å². The molecular formula is C11H7N5O3. The first kappa shape index (κ1) is 12.3. The predicted molar refractivity (Wildman–Crippen MR) is 66.2 cm³/mol. The van der Waals surface area contributed by atoms with Crippen molar-refractivity contribution in [2.45, 2.75) is 0 Å². The van der Waals surface area contributed by atoms with Gasteiger partial charge in [-0.25, -0.2) is 0 Å². The number of non-ortho nitro benzene ring substituents is 1. The molecule has 8 nitrogen and oxygen atoms in total. The van der Waals surface area contributed by atoms with E-state index in [0.717, 1.165) is 6.07 Å². The van der Waals surface area contributed by atoms with Gasteiger partial charge < -0.3 is 4.74 Å². The third-order valence-electron chi connectivity index (χ3n) is 2.12. The summed E-state index contributed by atoms with van der Waals surface area (Å²) in [6.07, 6.45) is 3.04. The Morgan fingerprint density at radius 1 is 1.37 bits per heavy atom. The van der Waals surface area contributed by atoms with E-state index in [2.05, 4.69) is 15.0 Å². The molecule has 0 N–H and O–H groups in total. The molecule has 0 unspecified atom stereocenters. The van der Waals surface area contributed by atoms with Crippen molar-refractivity contribution in [3.05, 3.63) is 63.3 Å². The van der Waals surface area contributed by atoms with Gasteiger partial charge in [0.1, 0.15) is 11.5 Å². The van der Waals surface area contributed by atoms with Gasteiger partial charge in [0.15, 0.2) is 0 Å². The lowest BCUT2D eigenvalue weighted by Crippen LogP contribution is -1.90. The van der Waals surface area contributed by atoms with Crippen LogP contribution in [0, 0.1) is 10.1 Å². The van der Waals surface area contributed by atoms with E-state index in [1.54, 1.807) is 18.3 Å². The highest BCUT2D eigenvalue weighted by atomic mass is 16.6. The molecule has 0 saturated heterocycles. The highest BCUT2D eigenvalue weighted by Crippen LogP contribution is 2.30. The average molecular weight is 257 g/mol. The second-order valence-corrected chi connectivity index (χ2v) is 3.42. The van der Waals surface area contributed by atoms with Gasteiger partial charge in [0, 0.05) is 22.9 Å². The van der Waals surface area contributed by atoms with E-state index in [1.165, 1.54) is 18.3 Å². The number of hydrogen-bond donors (Lipinski definition) is 0. The minimum Gasteiger partial charge on any atom is -0.455 e. The van der Waals surface area contributed by atoms with Crippen LogP contribution in [0.2, 0.25) is 0 Å². The number of nitrogens with zero attached hydrogens (tertiary/aromatic N) is 5. The lowest BCUT2D eigenvalue weighted by Gasteiger charge is -2.05. The topological polar surface area (TPSA) is 114 Å². The number of rotatable bonds is 4. The van der Waals surface area contributed by atoms with Crippen molar-refractivity contribution >= 4 is 11.4 Å². The van der Waals surface area contributed by atoms with Crippen LogP contribution in [0.25, 0.3) is 10.4 Å². The number of azide groups is 1. The van der Waals surface area contributed by atoms with Gasteiger partial charge in [0.2, 0.25) is 0 Å². The summed E-state index contributed by atoms with van der Waals surface area (Å²) in [6, 6.07) is 7.12. The minimum absolute atomic E-state index is 0.107. The van der Waals surface area contributed by atoms with Gasteiger partial charge in [-0.3, -0.25) is 15.1 Å². The fraction of sp³-hybridized carbons (Fsp3) is 0. The Labute approximate surface area is 107 Å². The first-order valence-corrected chi connectivity index (χ1v) is 5.11. The maximum Gasteiger partial charge on any atom is 0.273 e. The summed E-state index contributed by atoms with van der Waals surface area (Å²) >= 11 is 0. The second-order valence-electron chi connectivity index (χ2n) is 3.42. The molecular weight excluding hydrogens is 250 g/mol. The zero-order valence-electron chi connectivity index (χ0n) is 9.50. The molecule has 0 saturated carbocycles. The molecule has 19 heavy (non-hydrogen) atoms. The number of hydrogen-bond acceptors (Lipinski definition) is 5. The molecule has 1 aromatic carbocycles. The zero-order valence-corrected chi connectivity index (χ0v) is 9.50. The van der Waals surface area contributed by atoms with E-state index >= 15 is 0 Å².